The Morgan fingerprint density at radius 3 is 1.94 bits per heavy atom. The van der Waals surface area contributed by atoms with Crippen molar-refractivity contribution in [2.45, 2.75) is 256 Å². The number of carbonyl (C=O) groups is 5. The van der Waals surface area contributed by atoms with Crippen LogP contribution in [0.25, 0.3) is 0 Å². The van der Waals surface area contributed by atoms with Crippen molar-refractivity contribution in [2.75, 3.05) is 19.8 Å². The number of carboxylic acid groups (broad SMARTS) is 1. The van der Waals surface area contributed by atoms with Crippen LogP contribution in [0.4, 0.5) is 0 Å². The highest BCUT2D eigenvalue weighted by molar-refractivity contribution is 5.87. The third kappa shape index (κ3) is 11.9. The third-order valence-corrected chi connectivity index (χ3v) is 22.5. The van der Waals surface area contributed by atoms with Crippen LogP contribution in [-0.2, 0) is 76.1 Å². The van der Waals surface area contributed by atoms with Gasteiger partial charge in [-0.15, -0.1) is 0 Å². The normalized spacial score (nSPS) is 49.7. The molecule has 4 saturated heterocycles. The topological polar surface area (TPSA) is 430 Å². The number of aliphatic carboxylic acids is 1. The Labute approximate surface area is 515 Å². The molecule has 30 unspecified atom stereocenters. The number of hydrogen-bond acceptors (Lipinski definition) is 27. The van der Waals surface area contributed by atoms with E-state index in [1.807, 2.05) is 13.8 Å². The number of aliphatic hydroxyl groups excluding tert-OH is 11. The molecule has 8 fully saturated rings. The maximum absolute atomic E-state index is 14.3. The summed E-state index contributed by atoms with van der Waals surface area (Å²) in [6, 6.07) is 0. The van der Waals surface area contributed by atoms with Gasteiger partial charge in [-0.3, -0.25) is 9.59 Å². The molecule has 9 aliphatic rings. The highest BCUT2D eigenvalue weighted by atomic mass is 16.8. The number of rotatable bonds is 16. The van der Waals surface area contributed by atoms with E-state index in [0.717, 1.165) is 11.9 Å². The molecular weight excluding hydrogens is 1180 g/mol. The first-order chi connectivity index (χ1) is 41.6. The van der Waals surface area contributed by atoms with Crippen LogP contribution in [0.1, 0.15) is 121 Å². The van der Waals surface area contributed by atoms with E-state index in [1.165, 1.54) is 13.8 Å². The monoisotopic (exact) mass is 1270 g/mol. The summed E-state index contributed by atoms with van der Waals surface area (Å²) in [6.45, 7) is 15.7. The third-order valence-electron chi connectivity index (χ3n) is 22.5. The molecule has 0 aromatic carbocycles. The second-order valence-corrected chi connectivity index (χ2v) is 27.9. The quantitative estimate of drug-likeness (QED) is 0.0218. The summed E-state index contributed by atoms with van der Waals surface area (Å²) < 4.78 is 67.0. The van der Waals surface area contributed by atoms with Crippen molar-refractivity contribution in [3.05, 3.63) is 23.3 Å². The van der Waals surface area contributed by atoms with E-state index < -0.39 is 230 Å². The number of aldehydes is 1. The molecule has 12 N–H and O–H groups in total. The minimum atomic E-state index is -2.29. The number of fused-ring (bicyclic) bond motifs is 7. The van der Waals surface area contributed by atoms with E-state index in [-0.39, 0.29) is 18.8 Å². The van der Waals surface area contributed by atoms with E-state index in [2.05, 4.69) is 26.8 Å². The molecule has 0 spiro atoms. The van der Waals surface area contributed by atoms with E-state index in [4.69, 9.17) is 52.1 Å². The number of esters is 3. The highest BCUT2D eigenvalue weighted by Gasteiger charge is 2.75. The zero-order valence-electron chi connectivity index (χ0n) is 51.8. The van der Waals surface area contributed by atoms with Gasteiger partial charge in [0.15, 0.2) is 43.7 Å². The van der Waals surface area contributed by atoms with Crippen LogP contribution in [0.3, 0.4) is 0 Å². The van der Waals surface area contributed by atoms with Crippen molar-refractivity contribution in [1.82, 2.24) is 0 Å². The fourth-order valence-electron chi connectivity index (χ4n) is 17.3. The second kappa shape index (κ2) is 25.9. The van der Waals surface area contributed by atoms with Crippen molar-refractivity contribution in [3.8, 4) is 0 Å². The molecular formula is C61H92O28. The van der Waals surface area contributed by atoms with Crippen LogP contribution in [0.5, 0.6) is 0 Å². The van der Waals surface area contributed by atoms with Gasteiger partial charge >= 0.3 is 23.9 Å². The molecule has 28 heteroatoms. The van der Waals surface area contributed by atoms with Gasteiger partial charge in [0.2, 0.25) is 0 Å². The Balaban J connectivity index is 1.07. The van der Waals surface area contributed by atoms with E-state index in [1.54, 1.807) is 26.8 Å². The lowest BCUT2D eigenvalue weighted by molar-refractivity contribution is -0.405. The molecule has 0 radical (unpaired) electrons. The van der Waals surface area contributed by atoms with Crippen LogP contribution in [0.2, 0.25) is 0 Å². The lowest BCUT2D eigenvalue weighted by atomic mass is 9.33. The first kappa shape index (κ1) is 69.6. The van der Waals surface area contributed by atoms with E-state index in [0.29, 0.717) is 37.7 Å². The molecule has 30 atom stereocenters. The molecule has 4 aliphatic heterocycles. The summed E-state index contributed by atoms with van der Waals surface area (Å²) in [7, 11) is 0. The van der Waals surface area contributed by atoms with Gasteiger partial charge in [-0.1, -0.05) is 59.3 Å². The molecule has 0 bridgehead atoms. The summed E-state index contributed by atoms with van der Waals surface area (Å²) in [5.41, 5.74) is -4.65. The summed E-state index contributed by atoms with van der Waals surface area (Å²) in [5, 5.41) is 131. The summed E-state index contributed by atoms with van der Waals surface area (Å²) in [4.78, 5) is 67.7. The van der Waals surface area contributed by atoms with Crippen LogP contribution < -0.4 is 0 Å². The van der Waals surface area contributed by atoms with Gasteiger partial charge in [-0.2, -0.15) is 0 Å². The SMILES string of the molecule is CC=C(C)C(=O)OC1C(OC(C)=O)C2(CO)C(OC(C)=O)CC3(C)C(=CCC4C5(C)CCC(OC6OC(C(=O)O)C(O)C(OC7OC(O)C(O)CC7OC7OCC(O)C(O)C7O)C6OC6OC(CO)C(O)C(O)C6O)C(C)(C=O)C5CCC43C)C2CC1(C)C. The number of aliphatic hydroxyl groups is 11. The molecule has 4 heterocycles. The number of carbonyl (C=O) groups excluding carboxylic acids is 4. The molecule has 0 amide bonds. The van der Waals surface area contributed by atoms with Crippen molar-refractivity contribution >= 4 is 30.2 Å². The molecule has 0 aromatic heterocycles. The highest BCUT2D eigenvalue weighted by Crippen LogP contribution is 2.76. The molecule has 4 saturated carbocycles. The summed E-state index contributed by atoms with van der Waals surface area (Å²) in [6.07, 6.45) is -32.8. The summed E-state index contributed by atoms with van der Waals surface area (Å²) in [5.74, 6) is -5.02. The molecule has 5 aliphatic carbocycles. The van der Waals surface area contributed by atoms with Crippen LogP contribution >= 0.6 is 0 Å². The lowest BCUT2D eigenvalue weighted by Gasteiger charge is -2.72. The fraction of sp³-hybridized carbons (Fsp3) is 0.852. The number of hydrogen-bond donors (Lipinski definition) is 12. The first-order valence-corrected chi connectivity index (χ1v) is 30.8. The average molecular weight is 1270 g/mol. The minimum absolute atomic E-state index is 0.0912. The Bertz CT molecular complexity index is 2670. The first-order valence-electron chi connectivity index (χ1n) is 30.8. The predicted molar refractivity (Wildman–Crippen MR) is 298 cm³/mol. The zero-order valence-corrected chi connectivity index (χ0v) is 51.8. The average Bonchev–Trinajstić information content (AvgIpc) is 0.670. The number of ether oxygens (including phenoxy) is 11. The standard InChI is InChI=1S/C61H92O28/c1-11-25(2)50(77)88-47-48(81-27(4)66)61(24-64)29(19-56(47,5)6)28-12-13-35-57(7)16-15-36(58(8,23-63)34(57)14-17-59(35,9)60(28,10)20-37(61)80-26(3)65)84-55-46(87-54-42(73)40(71)39(70)33(21-62)83-54)44(43(74)45(86-55)49(75)76)85-52-32(18-30(67)51(78)89-52)82-53-41(72)38(69)31(68)22-79-53/h11-12,23,29-48,51-55,62,64,67-74,78H,13-22,24H2,1-10H3,(H,75,76). The van der Waals surface area contributed by atoms with Crippen molar-refractivity contribution in [2.24, 2.45) is 50.2 Å². The van der Waals surface area contributed by atoms with Gasteiger partial charge < -0.3 is 118 Å². The number of carboxylic acids is 1. The largest absolute Gasteiger partial charge is 0.479 e. The molecule has 28 nitrogen and oxygen atoms in total. The van der Waals surface area contributed by atoms with E-state index >= 15 is 0 Å². The van der Waals surface area contributed by atoms with Gasteiger partial charge in [-0.25, -0.2) is 9.59 Å². The smallest absolute Gasteiger partial charge is 0.335 e. The molecule has 0 aromatic rings. The minimum Gasteiger partial charge on any atom is -0.479 e. The summed E-state index contributed by atoms with van der Waals surface area (Å²) >= 11 is 0. The van der Waals surface area contributed by atoms with E-state index in [9.17, 15) is 85.3 Å². The van der Waals surface area contributed by atoms with Crippen molar-refractivity contribution in [1.29, 1.82) is 0 Å². The molecule has 504 valence electrons. The zero-order chi connectivity index (χ0) is 65.6. The van der Waals surface area contributed by atoms with Crippen molar-refractivity contribution < 1.29 is 137 Å². The second-order valence-electron chi connectivity index (χ2n) is 27.9. The predicted octanol–water partition coefficient (Wildman–Crippen LogP) is -1.09. The Morgan fingerprint density at radius 2 is 1.33 bits per heavy atom. The van der Waals surface area contributed by atoms with Gasteiger partial charge in [0.1, 0.15) is 91.7 Å². The van der Waals surface area contributed by atoms with Crippen LogP contribution in [0.15, 0.2) is 23.3 Å². The number of allylic oxidation sites excluding steroid dienone is 3. The lowest BCUT2D eigenvalue weighted by Crippen LogP contribution is -2.73. The van der Waals surface area contributed by atoms with Crippen molar-refractivity contribution in [3.63, 3.8) is 0 Å². The van der Waals surface area contributed by atoms with Crippen LogP contribution in [0, 0.1) is 50.2 Å². The Kier molecular flexibility index (Phi) is 20.2. The Morgan fingerprint density at radius 1 is 0.663 bits per heavy atom. The van der Waals surface area contributed by atoms with Crippen LogP contribution in [-0.4, -0.2) is 246 Å². The molecule has 9 rings (SSSR count). The van der Waals surface area contributed by atoms with Gasteiger partial charge in [-0.05, 0) is 92.8 Å². The Hall–Kier alpha value is -3.73. The molecule has 89 heavy (non-hydrogen) atoms. The fourth-order valence-corrected chi connectivity index (χ4v) is 17.3. The maximum atomic E-state index is 14.3. The maximum Gasteiger partial charge on any atom is 0.335 e. The van der Waals surface area contributed by atoms with Gasteiger partial charge in [0, 0.05) is 31.3 Å². The van der Waals surface area contributed by atoms with Gasteiger partial charge in [0.05, 0.1) is 36.8 Å². The van der Waals surface area contributed by atoms with Gasteiger partial charge in [0.25, 0.3) is 0 Å².